The Labute approximate surface area is 120 Å². The third kappa shape index (κ3) is 3.87. The van der Waals surface area contributed by atoms with E-state index in [0.717, 1.165) is 31.9 Å². The maximum absolute atomic E-state index is 11.9. The van der Waals surface area contributed by atoms with Gasteiger partial charge in [-0.2, -0.15) is 0 Å². The van der Waals surface area contributed by atoms with E-state index >= 15 is 0 Å². The number of carbonyl (C=O) groups excluding carboxylic acids is 1. The van der Waals surface area contributed by atoms with Gasteiger partial charge in [0.1, 0.15) is 5.75 Å². The highest BCUT2D eigenvalue weighted by Crippen LogP contribution is 2.15. The zero-order valence-electron chi connectivity index (χ0n) is 12.5. The lowest BCUT2D eigenvalue weighted by Gasteiger charge is -2.32. The normalized spacial score (nSPS) is 16.1. The van der Waals surface area contributed by atoms with Crippen molar-refractivity contribution in [1.82, 2.24) is 15.1 Å². The highest BCUT2D eigenvalue weighted by Gasteiger charge is 2.18. The van der Waals surface area contributed by atoms with Crippen LogP contribution in [0.3, 0.4) is 0 Å². The van der Waals surface area contributed by atoms with Gasteiger partial charge in [-0.3, -0.25) is 0 Å². The summed E-state index contributed by atoms with van der Waals surface area (Å²) in [5.74, 6) is 0.784. The number of nitrogens with one attached hydrogen (secondary N) is 1. The first-order chi connectivity index (χ1) is 9.56. The first kappa shape index (κ1) is 14.7. The molecule has 0 radical (unpaired) electrons. The molecule has 5 heteroatoms. The van der Waals surface area contributed by atoms with Gasteiger partial charge in [0.05, 0.1) is 0 Å². The van der Waals surface area contributed by atoms with Gasteiger partial charge >= 0.3 is 6.03 Å². The predicted octanol–water partition coefficient (Wildman–Crippen LogP) is 1.60. The van der Waals surface area contributed by atoms with Gasteiger partial charge in [0.2, 0.25) is 0 Å². The first-order valence-electron chi connectivity index (χ1n) is 6.97. The van der Waals surface area contributed by atoms with Crippen molar-refractivity contribution in [3.8, 4) is 5.75 Å². The summed E-state index contributed by atoms with van der Waals surface area (Å²) in [6, 6.07) is 5.87. The van der Waals surface area contributed by atoms with Crippen molar-refractivity contribution in [2.24, 2.45) is 0 Å². The predicted molar refractivity (Wildman–Crippen MR) is 79.0 cm³/mol. The second-order valence-electron chi connectivity index (χ2n) is 5.31. The lowest BCUT2D eigenvalue weighted by Crippen LogP contribution is -2.51. The van der Waals surface area contributed by atoms with Crippen LogP contribution in [0.1, 0.15) is 11.1 Å². The van der Waals surface area contributed by atoms with E-state index in [-0.39, 0.29) is 12.8 Å². The van der Waals surface area contributed by atoms with Gasteiger partial charge in [0.15, 0.2) is 6.73 Å². The minimum absolute atomic E-state index is 0.0538. The van der Waals surface area contributed by atoms with E-state index in [1.807, 2.05) is 30.0 Å². The summed E-state index contributed by atoms with van der Waals surface area (Å²) < 4.78 is 5.56. The third-order valence-electron chi connectivity index (χ3n) is 3.73. The van der Waals surface area contributed by atoms with E-state index in [4.69, 9.17) is 4.74 Å². The molecule has 0 atom stereocenters. The topological polar surface area (TPSA) is 44.8 Å². The van der Waals surface area contributed by atoms with E-state index in [1.165, 1.54) is 11.1 Å². The molecule has 1 N–H and O–H groups in total. The summed E-state index contributed by atoms with van der Waals surface area (Å²) in [6.07, 6.45) is 0. The number of rotatable bonds is 3. The van der Waals surface area contributed by atoms with Crippen LogP contribution in [0.25, 0.3) is 0 Å². The Bertz CT molecular complexity index is 468. The number of piperazine rings is 1. The Morgan fingerprint density at radius 3 is 2.55 bits per heavy atom. The summed E-state index contributed by atoms with van der Waals surface area (Å²) in [5, 5.41) is 2.80. The highest BCUT2D eigenvalue weighted by atomic mass is 16.5. The van der Waals surface area contributed by atoms with Crippen molar-refractivity contribution in [2.75, 3.05) is 40.0 Å². The molecule has 1 saturated heterocycles. The van der Waals surface area contributed by atoms with E-state index in [9.17, 15) is 4.79 Å². The molecule has 5 nitrogen and oxygen atoms in total. The maximum atomic E-state index is 11.9. The van der Waals surface area contributed by atoms with Gasteiger partial charge in [-0.25, -0.2) is 4.79 Å². The fourth-order valence-electron chi connectivity index (χ4n) is 2.11. The number of hydrogen-bond acceptors (Lipinski definition) is 3. The van der Waals surface area contributed by atoms with E-state index < -0.39 is 0 Å². The average molecular weight is 277 g/mol. The number of benzene rings is 1. The molecule has 1 aromatic carbocycles. The van der Waals surface area contributed by atoms with Gasteiger partial charge < -0.3 is 19.9 Å². The van der Waals surface area contributed by atoms with E-state index in [0.29, 0.717) is 0 Å². The number of nitrogens with zero attached hydrogens (tertiary/aromatic N) is 2. The van der Waals surface area contributed by atoms with Gasteiger partial charge in [0, 0.05) is 26.2 Å². The number of amides is 2. The van der Waals surface area contributed by atoms with Crippen LogP contribution in [0.5, 0.6) is 5.75 Å². The van der Waals surface area contributed by atoms with Crippen LogP contribution in [-0.2, 0) is 0 Å². The molecule has 0 bridgehead atoms. The summed E-state index contributed by atoms with van der Waals surface area (Å²) in [5.41, 5.74) is 2.42. The minimum Gasteiger partial charge on any atom is -0.473 e. The van der Waals surface area contributed by atoms with E-state index in [2.05, 4.69) is 24.2 Å². The number of aryl methyl sites for hydroxylation is 2. The van der Waals surface area contributed by atoms with Crippen LogP contribution < -0.4 is 10.1 Å². The van der Waals surface area contributed by atoms with Crippen LogP contribution in [0, 0.1) is 13.8 Å². The SMILES string of the molecule is Cc1ccc(OCNC(=O)N2CCN(C)CC2)cc1C. The molecule has 2 rings (SSSR count). The molecule has 2 amide bonds. The number of hydrogen-bond donors (Lipinski definition) is 1. The van der Waals surface area contributed by atoms with Crippen molar-refractivity contribution in [3.63, 3.8) is 0 Å². The van der Waals surface area contributed by atoms with Gasteiger partial charge in [-0.05, 0) is 44.2 Å². The fourth-order valence-corrected chi connectivity index (χ4v) is 2.11. The molecule has 0 saturated carbocycles. The first-order valence-corrected chi connectivity index (χ1v) is 6.97. The van der Waals surface area contributed by atoms with Crippen LogP contribution in [0.2, 0.25) is 0 Å². The number of likely N-dealkylation sites (N-methyl/N-ethyl adjacent to an activating group) is 1. The van der Waals surface area contributed by atoms with Crippen LogP contribution in [-0.4, -0.2) is 55.8 Å². The summed E-state index contributed by atoms with van der Waals surface area (Å²) in [6.45, 7) is 7.70. The quantitative estimate of drug-likeness (QED) is 0.854. The largest absolute Gasteiger partial charge is 0.473 e. The highest BCUT2D eigenvalue weighted by molar-refractivity contribution is 5.74. The third-order valence-corrected chi connectivity index (χ3v) is 3.73. The Hall–Kier alpha value is -1.75. The average Bonchev–Trinajstić information content (AvgIpc) is 2.43. The molecular weight excluding hydrogens is 254 g/mol. The van der Waals surface area contributed by atoms with Crippen molar-refractivity contribution >= 4 is 6.03 Å². The molecule has 1 aliphatic heterocycles. The lowest BCUT2D eigenvalue weighted by molar-refractivity contribution is 0.147. The van der Waals surface area contributed by atoms with Crippen LogP contribution >= 0.6 is 0 Å². The zero-order chi connectivity index (χ0) is 14.5. The summed E-state index contributed by atoms with van der Waals surface area (Å²) >= 11 is 0. The molecule has 0 unspecified atom stereocenters. The van der Waals surface area contributed by atoms with Gasteiger partial charge in [-0.15, -0.1) is 0 Å². The molecule has 20 heavy (non-hydrogen) atoms. The monoisotopic (exact) mass is 277 g/mol. The molecule has 0 spiro atoms. The Morgan fingerprint density at radius 2 is 1.90 bits per heavy atom. The van der Waals surface area contributed by atoms with Crippen LogP contribution in [0.15, 0.2) is 18.2 Å². The zero-order valence-corrected chi connectivity index (χ0v) is 12.5. The van der Waals surface area contributed by atoms with Crippen molar-refractivity contribution in [3.05, 3.63) is 29.3 Å². The molecule has 0 aliphatic carbocycles. The van der Waals surface area contributed by atoms with Crippen molar-refractivity contribution < 1.29 is 9.53 Å². The van der Waals surface area contributed by atoms with E-state index in [1.54, 1.807) is 0 Å². The Balaban J connectivity index is 1.75. The Morgan fingerprint density at radius 1 is 1.20 bits per heavy atom. The van der Waals surface area contributed by atoms with Crippen molar-refractivity contribution in [2.45, 2.75) is 13.8 Å². The molecule has 1 heterocycles. The smallest absolute Gasteiger partial charge is 0.320 e. The fraction of sp³-hybridized carbons (Fsp3) is 0.533. The lowest BCUT2D eigenvalue weighted by atomic mass is 10.1. The molecule has 1 aromatic rings. The Kier molecular flexibility index (Phi) is 4.84. The molecular formula is C15H23N3O2. The number of urea groups is 1. The van der Waals surface area contributed by atoms with Gasteiger partial charge in [0.25, 0.3) is 0 Å². The molecule has 1 fully saturated rings. The van der Waals surface area contributed by atoms with Gasteiger partial charge in [-0.1, -0.05) is 6.07 Å². The molecule has 0 aromatic heterocycles. The molecule has 110 valence electrons. The maximum Gasteiger partial charge on any atom is 0.320 e. The van der Waals surface area contributed by atoms with Crippen molar-refractivity contribution in [1.29, 1.82) is 0 Å². The molecule has 1 aliphatic rings. The standard InChI is InChI=1S/C15H23N3O2/c1-12-4-5-14(10-13(12)2)20-11-16-15(19)18-8-6-17(3)7-9-18/h4-5,10H,6-9,11H2,1-3H3,(H,16,19). The summed E-state index contributed by atoms with van der Waals surface area (Å²) in [4.78, 5) is 16.0. The second-order valence-corrected chi connectivity index (χ2v) is 5.31. The summed E-state index contributed by atoms with van der Waals surface area (Å²) in [7, 11) is 2.07. The minimum atomic E-state index is -0.0538. The number of ether oxygens (including phenoxy) is 1. The number of carbonyl (C=O) groups is 1. The second kappa shape index (κ2) is 6.61. The van der Waals surface area contributed by atoms with Crippen LogP contribution in [0.4, 0.5) is 4.79 Å².